The lowest BCUT2D eigenvalue weighted by Crippen LogP contribution is -2.41. The Bertz CT molecular complexity index is 1420. The highest BCUT2D eigenvalue weighted by Gasteiger charge is 2.71. The number of likely N-dealkylation sites (tertiary alicyclic amines) is 1. The molecule has 0 aliphatic carbocycles. The second kappa shape index (κ2) is 7.61. The van der Waals surface area contributed by atoms with Gasteiger partial charge in [-0.25, -0.2) is 9.29 Å². The van der Waals surface area contributed by atoms with Crippen molar-refractivity contribution in [3.8, 4) is 11.5 Å². The molecule has 3 aromatic rings. The van der Waals surface area contributed by atoms with Crippen LogP contribution in [0.2, 0.25) is 0 Å². The molecule has 0 bridgehead atoms. The van der Waals surface area contributed by atoms with Crippen LogP contribution in [-0.4, -0.2) is 53.2 Å². The third-order valence-electron chi connectivity index (χ3n) is 8.35. The van der Waals surface area contributed by atoms with Crippen molar-refractivity contribution in [3.63, 3.8) is 0 Å². The molecule has 6 heterocycles. The van der Waals surface area contributed by atoms with Gasteiger partial charge in [-0.1, -0.05) is 51.5 Å². The topological polar surface area (TPSA) is 46.1 Å². The SMILES string of the molecule is C=Cc1cc(-c2nc3cc(C(=O)N4CC5SN6C5C46)cc4c3n2CCC4C)n(CCCC)c1C=C. The van der Waals surface area contributed by atoms with Crippen molar-refractivity contribution in [3.05, 3.63) is 53.7 Å². The number of amides is 1. The second-order valence-electron chi connectivity index (χ2n) is 10.4. The van der Waals surface area contributed by atoms with Crippen LogP contribution in [0.1, 0.15) is 66.2 Å². The number of carbonyl (C=O) groups is 1. The number of nitrogens with zero attached hydrogens (tertiary/aromatic N) is 5. The minimum atomic E-state index is 0.159. The van der Waals surface area contributed by atoms with Crippen molar-refractivity contribution >= 4 is 41.0 Å². The first-order valence-corrected chi connectivity index (χ1v) is 13.7. The fourth-order valence-corrected chi connectivity index (χ4v) is 7.85. The van der Waals surface area contributed by atoms with E-state index in [4.69, 9.17) is 4.98 Å². The number of benzene rings is 1. The van der Waals surface area contributed by atoms with Gasteiger partial charge in [0.2, 0.25) is 0 Å². The summed E-state index contributed by atoms with van der Waals surface area (Å²) in [5.41, 5.74) is 7.46. The number of aryl methyl sites for hydroxylation is 1. The monoisotopic (exact) mass is 485 g/mol. The van der Waals surface area contributed by atoms with Crippen LogP contribution >= 0.6 is 11.9 Å². The molecule has 0 N–H and O–H groups in total. The van der Waals surface area contributed by atoms with Crippen LogP contribution in [0.15, 0.2) is 31.4 Å². The van der Waals surface area contributed by atoms with Gasteiger partial charge in [0.15, 0.2) is 5.82 Å². The summed E-state index contributed by atoms with van der Waals surface area (Å²) in [6.07, 6.45) is 7.41. The van der Waals surface area contributed by atoms with Crippen molar-refractivity contribution in [1.82, 2.24) is 23.3 Å². The van der Waals surface area contributed by atoms with Gasteiger partial charge in [-0.3, -0.25) is 4.79 Å². The molecule has 180 valence electrons. The molecule has 3 saturated heterocycles. The Morgan fingerprint density at radius 1 is 1.26 bits per heavy atom. The maximum Gasteiger partial charge on any atom is 0.255 e. The number of rotatable bonds is 7. The van der Waals surface area contributed by atoms with Gasteiger partial charge < -0.3 is 14.0 Å². The average Bonchev–Trinajstić information content (AvgIpc) is 3.16. The number of aromatic nitrogens is 3. The molecule has 4 aliphatic heterocycles. The fraction of sp³-hybridized carbons (Fsp3) is 0.429. The smallest absolute Gasteiger partial charge is 0.255 e. The molecule has 3 fully saturated rings. The second-order valence-corrected chi connectivity index (χ2v) is 11.6. The molecule has 0 radical (unpaired) electrons. The molecule has 5 unspecified atom stereocenters. The molecule has 5 atom stereocenters. The van der Waals surface area contributed by atoms with Gasteiger partial charge in [-0.15, -0.1) is 0 Å². The minimum absolute atomic E-state index is 0.159. The van der Waals surface area contributed by atoms with Crippen LogP contribution in [0.4, 0.5) is 0 Å². The van der Waals surface area contributed by atoms with Gasteiger partial charge in [0.25, 0.3) is 5.91 Å². The maximum absolute atomic E-state index is 13.6. The molecule has 1 aromatic carbocycles. The fourth-order valence-electron chi connectivity index (χ4n) is 6.41. The molecule has 0 spiro atoms. The summed E-state index contributed by atoms with van der Waals surface area (Å²) in [4.78, 5) is 20.8. The lowest BCUT2D eigenvalue weighted by molar-refractivity contribution is 0.0742. The molecular weight excluding hydrogens is 454 g/mol. The van der Waals surface area contributed by atoms with Gasteiger partial charge in [0.05, 0.1) is 28.0 Å². The normalized spacial score (nSPS) is 27.6. The van der Waals surface area contributed by atoms with E-state index < -0.39 is 0 Å². The third kappa shape index (κ3) is 2.88. The number of imidazole rings is 1. The summed E-state index contributed by atoms with van der Waals surface area (Å²) in [7, 11) is 0. The molecular formula is C28H31N5OS. The molecule has 35 heavy (non-hydrogen) atoms. The largest absolute Gasteiger partial charge is 0.338 e. The van der Waals surface area contributed by atoms with Crippen molar-refractivity contribution in [1.29, 1.82) is 0 Å². The number of hydrogen-bond donors (Lipinski definition) is 0. The van der Waals surface area contributed by atoms with Crippen LogP contribution < -0.4 is 0 Å². The Balaban J connectivity index is 1.37. The first-order valence-electron chi connectivity index (χ1n) is 12.8. The van der Waals surface area contributed by atoms with Gasteiger partial charge >= 0.3 is 0 Å². The highest BCUT2D eigenvalue weighted by Crippen LogP contribution is 2.60. The predicted octanol–water partition coefficient (Wildman–Crippen LogP) is 5.59. The zero-order valence-electron chi connectivity index (χ0n) is 20.4. The first-order chi connectivity index (χ1) is 17.0. The standard InChI is InChI=1S/C28H31N5OS/c1-5-8-10-30-21(7-3)17(6-2)14-22(30)26-29-20-13-18(12-19-16(4)9-11-31(26)24(19)20)28(34)32-15-23-25-27(32)33(25)35-23/h6-7,12-14,16,23,25,27H,2-3,5,8-11,15H2,1,4H3. The average molecular weight is 486 g/mol. The Hall–Kier alpha value is -2.77. The van der Waals surface area contributed by atoms with E-state index in [1.807, 2.05) is 30.2 Å². The van der Waals surface area contributed by atoms with E-state index in [2.05, 4.69) is 57.5 Å². The number of hydrogen-bond acceptors (Lipinski definition) is 4. The highest BCUT2D eigenvalue weighted by atomic mass is 32.2. The Morgan fingerprint density at radius 2 is 2.11 bits per heavy atom. The van der Waals surface area contributed by atoms with Gasteiger partial charge in [0, 0.05) is 30.9 Å². The highest BCUT2D eigenvalue weighted by molar-refractivity contribution is 7.99. The van der Waals surface area contributed by atoms with Crippen molar-refractivity contribution < 1.29 is 4.79 Å². The molecule has 0 saturated carbocycles. The molecule has 2 aromatic heterocycles. The van der Waals surface area contributed by atoms with Crippen LogP contribution in [0.25, 0.3) is 34.7 Å². The molecule has 1 amide bonds. The quantitative estimate of drug-likeness (QED) is 0.323. The van der Waals surface area contributed by atoms with Crippen LogP contribution in [-0.2, 0) is 13.1 Å². The van der Waals surface area contributed by atoms with Crippen LogP contribution in [0, 0.1) is 0 Å². The number of unbranched alkanes of at least 4 members (excludes halogenated alkanes) is 1. The van der Waals surface area contributed by atoms with Gasteiger partial charge in [-0.05, 0) is 54.2 Å². The molecule has 6 nitrogen and oxygen atoms in total. The summed E-state index contributed by atoms with van der Waals surface area (Å²) >= 11 is 1.91. The summed E-state index contributed by atoms with van der Waals surface area (Å²) in [6, 6.07) is 6.99. The van der Waals surface area contributed by atoms with Crippen LogP contribution in [0.3, 0.4) is 0 Å². The van der Waals surface area contributed by atoms with Crippen molar-refractivity contribution in [2.45, 2.75) is 69.6 Å². The van der Waals surface area contributed by atoms with Gasteiger partial charge in [0.1, 0.15) is 6.17 Å². The van der Waals surface area contributed by atoms with E-state index >= 15 is 0 Å². The maximum atomic E-state index is 13.6. The Labute approximate surface area is 210 Å². The zero-order chi connectivity index (χ0) is 24.0. The summed E-state index contributed by atoms with van der Waals surface area (Å²) in [5, 5.41) is 0.602. The molecule has 7 heteroatoms. The number of fused-ring (bicyclic) bond motifs is 1. The predicted molar refractivity (Wildman–Crippen MR) is 143 cm³/mol. The van der Waals surface area contributed by atoms with Crippen molar-refractivity contribution in [2.24, 2.45) is 0 Å². The Kier molecular flexibility index (Phi) is 4.68. The summed E-state index contributed by atoms with van der Waals surface area (Å²) in [5.74, 6) is 1.55. The van der Waals surface area contributed by atoms with E-state index in [0.717, 1.165) is 72.8 Å². The van der Waals surface area contributed by atoms with E-state index in [0.29, 0.717) is 23.4 Å². The van der Waals surface area contributed by atoms with Gasteiger partial charge in [-0.2, -0.15) is 0 Å². The molecule has 4 aliphatic rings. The van der Waals surface area contributed by atoms with E-state index in [1.54, 1.807) is 0 Å². The van der Waals surface area contributed by atoms with Crippen LogP contribution in [0.5, 0.6) is 0 Å². The van der Waals surface area contributed by atoms with Crippen molar-refractivity contribution in [2.75, 3.05) is 6.54 Å². The third-order valence-corrected chi connectivity index (χ3v) is 9.75. The lowest BCUT2D eigenvalue weighted by Gasteiger charge is -2.31. The first kappa shape index (κ1) is 21.5. The number of carbonyl (C=O) groups excluding carboxylic acids is 1. The summed E-state index contributed by atoms with van der Waals surface area (Å²) in [6.45, 7) is 15.3. The minimum Gasteiger partial charge on any atom is -0.338 e. The molecule has 7 rings (SSSR count). The Morgan fingerprint density at radius 3 is 2.80 bits per heavy atom. The van der Waals surface area contributed by atoms with E-state index in [1.165, 1.54) is 11.1 Å². The zero-order valence-corrected chi connectivity index (χ0v) is 21.2. The van der Waals surface area contributed by atoms with E-state index in [9.17, 15) is 4.79 Å². The lowest BCUT2D eigenvalue weighted by atomic mass is 9.91. The summed E-state index contributed by atoms with van der Waals surface area (Å²) < 4.78 is 7.07. The van der Waals surface area contributed by atoms with E-state index in [-0.39, 0.29) is 5.91 Å².